The zero-order valence-corrected chi connectivity index (χ0v) is 17.6. The van der Waals surface area contributed by atoms with E-state index < -0.39 is 0 Å². The van der Waals surface area contributed by atoms with Gasteiger partial charge in [-0.3, -0.25) is 4.79 Å². The van der Waals surface area contributed by atoms with E-state index in [1.54, 1.807) is 26.0 Å². The molecule has 5 heteroatoms. The minimum Gasteiger partial charge on any atom is -0.356 e. The average molecular weight is 387 g/mol. The lowest BCUT2D eigenvalue weighted by atomic mass is 10.1. The number of unbranched alkanes of at least 4 members (excludes halogenated alkanes) is 7. The molecule has 0 aliphatic carbocycles. The van der Waals surface area contributed by atoms with Crippen LogP contribution in [0.3, 0.4) is 0 Å². The predicted molar refractivity (Wildman–Crippen MR) is 110 cm³/mol. The van der Waals surface area contributed by atoms with Crippen LogP contribution in [0.2, 0.25) is 0 Å². The van der Waals surface area contributed by atoms with Gasteiger partial charge in [-0.1, -0.05) is 57.9 Å². The molecule has 0 aliphatic rings. The summed E-state index contributed by atoms with van der Waals surface area (Å²) in [5, 5.41) is 1.87. The smallest absolute Gasteiger partial charge is 0.185 e. The van der Waals surface area contributed by atoms with Crippen molar-refractivity contribution < 1.29 is 14.3 Å². The normalized spacial score (nSPS) is 12.6. The van der Waals surface area contributed by atoms with E-state index in [9.17, 15) is 4.79 Å². The standard InChI is InChI=1S/C20H34O3S2/c1-4-5-6-7-8-9-10-11-14-25-18(16-19(22-2)23-3)20(21)17-13-12-15-24-17/h12-13,15,18-19H,4-11,14,16H2,1-3H3. The van der Waals surface area contributed by atoms with Crippen molar-refractivity contribution in [3.05, 3.63) is 22.4 Å². The highest BCUT2D eigenvalue weighted by molar-refractivity contribution is 8.00. The minimum absolute atomic E-state index is 0.0897. The van der Waals surface area contributed by atoms with Gasteiger partial charge in [0, 0.05) is 20.6 Å². The fraction of sp³-hybridized carbons (Fsp3) is 0.750. The third-order valence-electron chi connectivity index (χ3n) is 4.31. The summed E-state index contributed by atoms with van der Waals surface area (Å²) in [5.74, 6) is 1.23. The third kappa shape index (κ3) is 9.78. The molecule has 3 nitrogen and oxygen atoms in total. The molecule has 1 rings (SSSR count). The molecule has 0 saturated carbocycles. The Hall–Kier alpha value is -0.360. The van der Waals surface area contributed by atoms with Crippen molar-refractivity contribution in [3.8, 4) is 0 Å². The van der Waals surface area contributed by atoms with Crippen LogP contribution in [0.1, 0.15) is 74.4 Å². The van der Waals surface area contributed by atoms with E-state index in [-0.39, 0.29) is 17.3 Å². The van der Waals surface area contributed by atoms with Crippen LogP contribution < -0.4 is 0 Å². The van der Waals surface area contributed by atoms with Gasteiger partial charge in [0.05, 0.1) is 10.1 Å². The van der Waals surface area contributed by atoms with E-state index in [1.807, 2.05) is 17.5 Å². The Morgan fingerprint density at radius 2 is 1.72 bits per heavy atom. The molecule has 1 unspecified atom stereocenters. The van der Waals surface area contributed by atoms with Crippen molar-refractivity contribution in [1.29, 1.82) is 0 Å². The monoisotopic (exact) mass is 386 g/mol. The molecule has 0 saturated heterocycles. The first-order chi connectivity index (χ1) is 12.2. The van der Waals surface area contributed by atoms with Crippen LogP contribution in [-0.2, 0) is 9.47 Å². The van der Waals surface area contributed by atoms with E-state index in [2.05, 4.69) is 6.92 Å². The Bertz CT molecular complexity index is 430. The highest BCUT2D eigenvalue weighted by Gasteiger charge is 2.25. The number of methoxy groups -OCH3 is 2. The van der Waals surface area contributed by atoms with Gasteiger partial charge in [0.2, 0.25) is 0 Å². The van der Waals surface area contributed by atoms with Gasteiger partial charge >= 0.3 is 0 Å². The van der Waals surface area contributed by atoms with Gasteiger partial charge in [-0.15, -0.1) is 11.3 Å². The molecule has 0 aliphatic heterocycles. The van der Waals surface area contributed by atoms with Crippen LogP contribution >= 0.6 is 23.1 Å². The second kappa shape index (κ2) is 14.8. The zero-order valence-electron chi connectivity index (χ0n) is 16.0. The van der Waals surface area contributed by atoms with Crippen LogP contribution in [0, 0.1) is 0 Å². The highest BCUT2D eigenvalue weighted by atomic mass is 32.2. The Morgan fingerprint density at radius 3 is 2.28 bits per heavy atom. The lowest BCUT2D eigenvalue weighted by Gasteiger charge is -2.20. The summed E-state index contributed by atoms with van der Waals surface area (Å²) in [6, 6.07) is 3.84. The Morgan fingerprint density at radius 1 is 1.08 bits per heavy atom. The van der Waals surface area contributed by atoms with Crippen LogP contribution in [0.5, 0.6) is 0 Å². The molecule has 1 aromatic heterocycles. The summed E-state index contributed by atoms with van der Waals surface area (Å²) in [7, 11) is 3.26. The van der Waals surface area contributed by atoms with Crippen molar-refractivity contribution in [2.45, 2.75) is 76.3 Å². The Balaban J connectivity index is 2.32. The number of ether oxygens (including phenoxy) is 2. The van der Waals surface area contributed by atoms with Gasteiger partial charge in [0.25, 0.3) is 0 Å². The van der Waals surface area contributed by atoms with Gasteiger partial charge in [0.15, 0.2) is 12.1 Å². The number of thiophene rings is 1. The van der Waals surface area contributed by atoms with Crippen LogP contribution in [-0.4, -0.2) is 37.3 Å². The molecule has 1 heterocycles. The summed E-state index contributed by atoms with van der Waals surface area (Å²) < 4.78 is 10.6. The summed E-state index contributed by atoms with van der Waals surface area (Å²) in [6.07, 6.45) is 10.8. The molecule has 0 bridgehead atoms. The van der Waals surface area contributed by atoms with Gasteiger partial charge in [-0.2, -0.15) is 11.8 Å². The van der Waals surface area contributed by atoms with Crippen LogP contribution in [0.4, 0.5) is 0 Å². The van der Waals surface area contributed by atoms with Crippen molar-refractivity contribution in [2.75, 3.05) is 20.0 Å². The van der Waals surface area contributed by atoms with E-state index >= 15 is 0 Å². The first kappa shape index (κ1) is 22.7. The summed E-state index contributed by atoms with van der Waals surface area (Å²) >= 11 is 3.27. The number of hydrogen-bond donors (Lipinski definition) is 0. The molecule has 0 radical (unpaired) electrons. The highest BCUT2D eigenvalue weighted by Crippen LogP contribution is 2.26. The maximum Gasteiger partial charge on any atom is 0.185 e. The molecule has 0 spiro atoms. The molecular formula is C20H34O3S2. The van der Waals surface area contributed by atoms with Gasteiger partial charge < -0.3 is 9.47 Å². The molecule has 25 heavy (non-hydrogen) atoms. The zero-order chi connectivity index (χ0) is 18.3. The van der Waals surface area contributed by atoms with Crippen LogP contribution in [0.15, 0.2) is 17.5 Å². The van der Waals surface area contributed by atoms with Gasteiger partial charge in [-0.25, -0.2) is 0 Å². The lowest BCUT2D eigenvalue weighted by Crippen LogP contribution is -2.26. The number of carbonyl (C=O) groups is 1. The van der Waals surface area contributed by atoms with E-state index in [1.165, 1.54) is 62.7 Å². The van der Waals surface area contributed by atoms with Gasteiger partial charge in [0.1, 0.15) is 0 Å². The number of thioether (sulfide) groups is 1. The number of rotatable bonds is 16. The molecule has 144 valence electrons. The number of Topliss-reactive ketones (excluding diaryl/α,β-unsaturated/α-hetero) is 1. The maximum absolute atomic E-state index is 12.7. The fourth-order valence-electron chi connectivity index (χ4n) is 2.75. The first-order valence-corrected chi connectivity index (χ1v) is 11.4. The van der Waals surface area contributed by atoms with Crippen molar-refractivity contribution >= 4 is 28.9 Å². The van der Waals surface area contributed by atoms with Crippen molar-refractivity contribution in [1.82, 2.24) is 0 Å². The van der Waals surface area contributed by atoms with Crippen molar-refractivity contribution in [2.24, 2.45) is 0 Å². The predicted octanol–water partition coefficient (Wildman–Crippen LogP) is 6.18. The minimum atomic E-state index is -0.319. The average Bonchev–Trinajstić information content (AvgIpc) is 3.17. The fourth-order valence-corrected chi connectivity index (χ4v) is 4.77. The molecule has 0 N–H and O–H groups in total. The Kier molecular flexibility index (Phi) is 13.4. The largest absolute Gasteiger partial charge is 0.356 e. The summed E-state index contributed by atoms with van der Waals surface area (Å²) in [5.41, 5.74) is 0. The number of hydrogen-bond acceptors (Lipinski definition) is 5. The first-order valence-electron chi connectivity index (χ1n) is 9.47. The molecule has 1 atom stereocenters. The second-order valence-corrected chi connectivity index (χ2v) is 8.57. The van der Waals surface area contributed by atoms with E-state index in [0.29, 0.717) is 6.42 Å². The SMILES string of the molecule is CCCCCCCCCCSC(CC(OC)OC)C(=O)c1cccs1. The van der Waals surface area contributed by atoms with Crippen molar-refractivity contribution in [3.63, 3.8) is 0 Å². The molecule has 0 fully saturated rings. The topological polar surface area (TPSA) is 35.5 Å². The second-order valence-electron chi connectivity index (χ2n) is 6.31. The summed E-state index contributed by atoms with van der Waals surface area (Å²) in [6.45, 7) is 2.25. The van der Waals surface area contributed by atoms with E-state index in [0.717, 1.165) is 10.6 Å². The number of ketones is 1. The quantitative estimate of drug-likeness (QED) is 0.193. The number of carbonyl (C=O) groups excluding carboxylic acids is 1. The molecule has 0 aromatic carbocycles. The Labute approximate surface area is 161 Å². The molecule has 0 amide bonds. The third-order valence-corrected chi connectivity index (χ3v) is 6.52. The molecular weight excluding hydrogens is 352 g/mol. The lowest BCUT2D eigenvalue weighted by molar-refractivity contribution is -0.104. The summed E-state index contributed by atoms with van der Waals surface area (Å²) in [4.78, 5) is 13.6. The van der Waals surface area contributed by atoms with Crippen LogP contribution in [0.25, 0.3) is 0 Å². The molecule has 1 aromatic rings. The van der Waals surface area contributed by atoms with E-state index in [4.69, 9.17) is 9.47 Å². The maximum atomic E-state index is 12.7. The van der Waals surface area contributed by atoms with Gasteiger partial charge in [-0.05, 0) is 23.6 Å².